The van der Waals surface area contributed by atoms with Gasteiger partial charge in [-0.25, -0.2) is 4.68 Å². The molecule has 1 fully saturated rings. The van der Waals surface area contributed by atoms with E-state index in [1.165, 1.54) is 0 Å². The second kappa shape index (κ2) is 8.76. The van der Waals surface area contributed by atoms with E-state index in [0.717, 1.165) is 16.9 Å². The van der Waals surface area contributed by atoms with Gasteiger partial charge in [-0.15, -0.1) is 4.31 Å². The van der Waals surface area contributed by atoms with E-state index in [2.05, 4.69) is 13.8 Å². The van der Waals surface area contributed by atoms with Crippen LogP contribution in [0, 0.1) is 12.8 Å². The van der Waals surface area contributed by atoms with Crippen LogP contribution in [0.2, 0.25) is 0 Å². The summed E-state index contributed by atoms with van der Waals surface area (Å²) in [5.41, 5.74) is 3.38. The van der Waals surface area contributed by atoms with E-state index in [-0.39, 0.29) is 23.9 Å². The van der Waals surface area contributed by atoms with Crippen molar-refractivity contribution in [1.29, 1.82) is 0 Å². The molecule has 2 aliphatic rings. The number of aryl methyl sites for hydroxylation is 1. The molecular formula is C26H30N4O3S. The number of aromatic nitrogens is 2. The molecular weight excluding hydrogens is 448 g/mol. The molecule has 0 spiro atoms. The van der Waals surface area contributed by atoms with Gasteiger partial charge >= 0.3 is 0 Å². The average molecular weight is 479 g/mol. The van der Waals surface area contributed by atoms with Gasteiger partial charge in [0.2, 0.25) is 0 Å². The number of fused-ring (bicyclic) bond motifs is 1. The Morgan fingerprint density at radius 1 is 1.00 bits per heavy atom. The molecule has 3 aromatic rings. The Hall–Kier alpha value is -2.81. The number of hydrogen-bond acceptors (Lipinski definition) is 4. The second-order valence-corrected chi connectivity index (χ2v) is 11.4. The largest absolute Gasteiger partial charge is 0.593 e. The zero-order valence-electron chi connectivity index (χ0n) is 19.8. The number of sulfonamides is 1. The standard InChI is InChI=1S/C26H30N4O3S/c1-18(2)24-23-19(3)27-30(21-10-6-4-7-11-21)25(23)26(31)29(24)20-14-16-28(17-15-20)34(32,33)22-12-8-5-9-13-22/h4-13,18,20,24H,14-17H2,1-3H3. The minimum atomic E-state index is -3.53. The van der Waals surface area contributed by atoms with Crippen LogP contribution in [0.1, 0.15) is 54.5 Å². The van der Waals surface area contributed by atoms with Crippen LogP contribution >= 0.6 is 0 Å². The Bertz CT molecular complexity index is 1230. The Morgan fingerprint density at radius 2 is 1.59 bits per heavy atom. The highest BCUT2D eigenvalue weighted by molar-refractivity contribution is 7.95. The first kappa shape index (κ1) is 23.0. The van der Waals surface area contributed by atoms with Crippen LogP contribution in [0.25, 0.3) is 5.69 Å². The lowest BCUT2D eigenvalue weighted by Crippen LogP contribution is -2.50. The molecule has 7 nitrogen and oxygen atoms in total. The van der Waals surface area contributed by atoms with E-state index < -0.39 is 10.4 Å². The first-order chi connectivity index (χ1) is 16.3. The van der Waals surface area contributed by atoms with Crippen LogP contribution < -0.4 is 0 Å². The third kappa shape index (κ3) is 3.70. The van der Waals surface area contributed by atoms with Gasteiger partial charge in [0.25, 0.3) is 5.91 Å². The van der Waals surface area contributed by atoms with Crippen LogP contribution in [0.4, 0.5) is 0 Å². The number of hydrogen-bond donors (Lipinski definition) is 0. The number of rotatable bonds is 5. The van der Waals surface area contributed by atoms with Gasteiger partial charge in [0.05, 0.1) is 17.4 Å². The molecule has 8 heteroatoms. The summed E-state index contributed by atoms with van der Waals surface area (Å²) < 4.78 is 29.5. The molecule has 1 aromatic heterocycles. The molecule has 1 saturated heterocycles. The lowest BCUT2D eigenvalue weighted by molar-refractivity contribution is 0.0470. The van der Waals surface area contributed by atoms with Gasteiger partial charge in [-0.1, -0.05) is 54.5 Å². The number of carbonyl (C=O) groups is 1. The van der Waals surface area contributed by atoms with Crippen LogP contribution in [0.15, 0.2) is 65.6 Å². The van der Waals surface area contributed by atoms with Crippen molar-refractivity contribution in [3.05, 3.63) is 77.6 Å². The third-order valence-electron chi connectivity index (χ3n) is 6.97. The van der Waals surface area contributed by atoms with Crippen molar-refractivity contribution in [2.75, 3.05) is 13.1 Å². The monoisotopic (exact) mass is 478 g/mol. The number of benzene rings is 2. The molecule has 5 rings (SSSR count). The second-order valence-electron chi connectivity index (χ2n) is 9.44. The minimum Gasteiger partial charge on any atom is -0.593 e. The molecule has 3 heterocycles. The van der Waals surface area contributed by atoms with Crippen molar-refractivity contribution < 1.29 is 13.6 Å². The van der Waals surface area contributed by atoms with Gasteiger partial charge in [-0.2, -0.15) is 5.10 Å². The summed E-state index contributed by atoms with van der Waals surface area (Å²) >= 11 is 0. The lowest BCUT2D eigenvalue weighted by Gasteiger charge is -2.40. The summed E-state index contributed by atoms with van der Waals surface area (Å²) in [4.78, 5) is 16.2. The van der Waals surface area contributed by atoms with Gasteiger partial charge in [0.15, 0.2) is 15.3 Å². The van der Waals surface area contributed by atoms with E-state index >= 15 is 0 Å². The molecule has 0 saturated carbocycles. The van der Waals surface area contributed by atoms with Crippen molar-refractivity contribution >= 4 is 16.3 Å². The topological polar surface area (TPSA) is 81.5 Å². The number of amides is 1. The maximum absolute atomic E-state index is 13.9. The fourth-order valence-corrected chi connectivity index (χ4v) is 6.88. The quantitative estimate of drug-likeness (QED) is 0.509. The smallest absolute Gasteiger partial charge is 0.273 e. The summed E-state index contributed by atoms with van der Waals surface area (Å²) in [5.74, 6) is 0.200. The van der Waals surface area contributed by atoms with E-state index in [0.29, 0.717) is 36.5 Å². The first-order valence-corrected chi connectivity index (χ1v) is 13.3. The molecule has 34 heavy (non-hydrogen) atoms. The van der Waals surface area contributed by atoms with Crippen LogP contribution in [-0.2, 0) is 14.6 Å². The van der Waals surface area contributed by atoms with Crippen molar-refractivity contribution in [3.63, 3.8) is 0 Å². The Balaban J connectivity index is 1.42. The van der Waals surface area contributed by atoms with Crippen LogP contribution in [0.5, 0.6) is 0 Å². The number of nitrogens with zero attached hydrogens (tertiary/aromatic N) is 4. The average Bonchev–Trinajstić information content (AvgIpc) is 3.35. The summed E-state index contributed by atoms with van der Waals surface area (Å²) in [5, 5.41) is 4.72. The Morgan fingerprint density at radius 3 is 2.18 bits per heavy atom. The summed E-state index contributed by atoms with van der Waals surface area (Å²) in [7, 11) is -3.53. The van der Waals surface area contributed by atoms with Crippen LogP contribution in [0.3, 0.4) is 0 Å². The van der Waals surface area contributed by atoms with E-state index in [1.807, 2.05) is 48.2 Å². The number of piperidine rings is 1. The molecule has 2 aliphatic heterocycles. The zero-order valence-corrected chi connectivity index (χ0v) is 20.6. The number of carbonyl (C=O) groups excluding carboxylic acids is 1. The molecule has 2 unspecified atom stereocenters. The SMILES string of the molecule is Cc1nn(-c2ccccc2)c2c1C(C(C)C)N(C1CCN([S+](=O)([O-])c3ccccc3)CC1)C2=O. The Kier molecular flexibility index (Phi) is 5.91. The fraction of sp³-hybridized carbons (Fsp3) is 0.385. The normalized spacial score (nSPS) is 21.1. The van der Waals surface area contributed by atoms with E-state index in [9.17, 15) is 13.6 Å². The molecule has 178 valence electrons. The van der Waals surface area contributed by atoms with Crippen molar-refractivity contribution in [2.45, 2.75) is 50.6 Å². The fourth-order valence-electron chi connectivity index (χ4n) is 5.39. The maximum Gasteiger partial charge on any atom is 0.273 e. The third-order valence-corrected chi connectivity index (χ3v) is 8.88. The maximum atomic E-state index is 13.9. The zero-order chi connectivity index (χ0) is 24.0. The van der Waals surface area contributed by atoms with Gasteiger partial charge in [0, 0.05) is 24.7 Å². The molecule has 0 radical (unpaired) electrons. The molecule has 2 aromatic carbocycles. The molecule has 1 amide bonds. The van der Waals surface area contributed by atoms with Crippen molar-refractivity contribution in [1.82, 2.24) is 19.0 Å². The predicted molar refractivity (Wildman–Crippen MR) is 130 cm³/mol. The molecule has 2 atom stereocenters. The molecule has 0 N–H and O–H groups in total. The highest BCUT2D eigenvalue weighted by Crippen LogP contribution is 2.44. The van der Waals surface area contributed by atoms with E-state index in [1.54, 1.807) is 33.3 Å². The van der Waals surface area contributed by atoms with Crippen molar-refractivity contribution in [2.24, 2.45) is 5.92 Å². The highest BCUT2D eigenvalue weighted by Gasteiger charge is 2.48. The van der Waals surface area contributed by atoms with Gasteiger partial charge in [-0.3, -0.25) is 4.79 Å². The number of para-hydroxylation sites is 1. The highest BCUT2D eigenvalue weighted by atomic mass is 32.3. The summed E-state index contributed by atoms with van der Waals surface area (Å²) in [6, 6.07) is 18.2. The minimum absolute atomic E-state index is 0.0116. The molecule has 0 bridgehead atoms. The predicted octanol–water partition coefficient (Wildman–Crippen LogP) is 4.40. The van der Waals surface area contributed by atoms with Gasteiger partial charge < -0.3 is 9.45 Å². The van der Waals surface area contributed by atoms with Crippen molar-refractivity contribution in [3.8, 4) is 5.69 Å². The summed E-state index contributed by atoms with van der Waals surface area (Å²) in [6.45, 7) is 7.04. The lowest BCUT2D eigenvalue weighted by atomic mass is 9.94. The summed E-state index contributed by atoms with van der Waals surface area (Å²) in [6.07, 6.45) is 1.23. The Labute approximate surface area is 201 Å². The van der Waals surface area contributed by atoms with Crippen LogP contribution in [-0.4, -0.2) is 48.6 Å². The molecule has 0 aliphatic carbocycles. The van der Waals surface area contributed by atoms with E-state index in [4.69, 9.17) is 5.10 Å². The first-order valence-electron chi connectivity index (χ1n) is 11.8. The van der Waals surface area contributed by atoms with Gasteiger partial charge in [-0.05, 0) is 49.9 Å². The van der Waals surface area contributed by atoms with Gasteiger partial charge in [0.1, 0.15) is 5.69 Å².